The van der Waals surface area contributed by atoms with Crippen molar-refractivity contribution < 1.29 is 14.7 Å². The molecule has 26 heavy (non-hydrogen) atoms. The summed E-state index contributed by atoms with van der Waals surface area (Å²) in [5.74, 6) is 1.06. The molecular weight excluding hydrogens is 344 g/mol. The zero-order chi connectivity index (χ0) is 19.3. The van der Waals surface area contributed by atoms with Gasteiger partial charge in [0.05, 0.1) is 6.10 Å². The fourth-order valence-electron chi connectivity index (χ4n) is 6.73. The Morgan fingerprint density at radius 3 is 2.58 bits per heavy atom. The third-order valence-electron chi connectivity index (χ3n) is 7.79. The highest BCUT2D eigenvalue weighted by atomic mass is 32.1. The molecule has 0 aromatic rings. The number of fused-ring (bicyclic) bond motifs is 5. The summed E-state index contributed by atoms with van der Waals surface area (Å²) < 4.78 is 0. The Hall–Kier alpha value is -0.870. The molecule has 0 amide bonds. The first kappa shape index (κ1) is 19.9. The van der Waals surface area contributed by atoms with Crippen molar-refractivity contribution in [1.29, 1.82) is 0 Å². The quantitative estimate of drug-likeness (QED) is 0.669. The molecule has 4 aliphatic rings. The third kappa shape index (κ3) is 2.75. The van der Waals surface area contributed by atoms with Crippen molar-refractivity contribution in [3.63, 3.8) is 0 Å². The molecule has 4 rings (SSSR count). The van der Waals surface area contributed by atoms with Crippen LogP contribution < -0.4 is 0 Å². The predicted molar refractivity (Wildman–Crippen MR) is 107 cm³/mol. The van der Waals surface area contributed by atoms with Crippen LogP contribution in [0.2, 0.25) is 0 Å². The van der Waals surface area contributed by atoms with Gasteiger partial charge in [0.2, 0.25) is 0 Å². The first-order valence-corrected chi connectivity index (χ1v) is 10.6. The van der Waals surface area contributed by atoms with Crippen LogP contribution in [-0.2, 0) is 9.59 Å². The van der Waals surface area contributed by atoms with E-state index in [4.69, 9.17) is 0 Å². The molecule has 0 aromatic heterocycles. The summed E-state index contributed by atoms with van der Waals surface area (Å²) in [4.78, 5) is 23.8. The number of aliphatic hydroxyl groups is 1. The molecule has 0 heterocycles. The number of thiol groups is 1. The van der Waals surface area contributed by atoms with Crippen molar-refractivity contribution >= 4 is 23.5 Å². The summed E-state index contributed by atoms with van der Waals surface area (Å²) in [6, 6.07) is 0. The molecule has 3 saturated carbocycles. The number of carbonyl (C=O) groups is 2. The van der Waals surface area contributed by atoms with Gasteiger partial charge in [-0.1, -0.05) is 39.3 Å². The number of hydrogen-bond donors (Lipinski definition) is 2. The first-order chi connectivity index (χ1) is 12.3. The van der Waals surface area contributed by atoms with Crippen LogP contribution in [0.15, 0.2) is 23.8 Å². The fraction of sp³-hybridized carbons (Fsp3) is 0.727. The van der Waals surface area contributed by atoms with Gasteiger partial charge in [-0.3, -0.25) is 9.59 Å². The van der Waals surface area contributed by atoms with Gasteiger partial charge in [0.25, 0.3) is 0 Å². The van der Waals surface area contributed by atoms with Gasteiger partial charge < -0.3 is 5.11 Å². The van der Waals surface area contributed by atoms with Gasteiger partial charge >= 0.3 is 0 Å². The molecule has 4 heteroatoms. The van der Waals surface area contributed by atoms with E-state index >= 15 is 0 Å². The van der Waals surface area contributed by atoms with Gasteiger partial charge in [0.1, 0.15) is 0 Å². The van der Waals surface area contributed by atoms with E-state index in [1.54, 1.807) is 12.2 Å². The van der Waals surface area contributed by atoms with E-state index in [0.29, 0.717) is 18.3 Å². The average Bonchev–Trinajstić information content (AvgIpc) is 2.93. The summed E-state index contributed by atoms with van der Waals surface area (Å²) in [5.41, 5.74) is 0.824. The van der Waals surface area contributed by atoms with E-state index in [1.807, 2.05) is 19.9 Å². The van der Waals surface area contributed by atoms with Gasteiger partial charge in [-0.05, 0) is 61.5 Å². The fourth-order valence-corrected chi connectivity index (χ4v) is 7.16. The molecule has 4 aliphatic carbocycles. The maximum Gasteiger partial charge on any atom is 0.189 e. The first-order valence-electron chi connectivity index (χ1n) is 10.1. The Balaban J connectivity index is 0.000000948. The lowest BCUT2D eigenvalue weighted by Gasteiger charge is -2.58. The lowest BCUT2D eigenvalue weighted by Crippen LogP contribution is -2.56. The van der Waals surface area contributed by atoms with E-state index in [-0.39, 0.29) is 33.6 Å². The van der Waals surface area contributed by atoms with Crippen molar-refractivity contribution in [2.24, 2.45) is 34.5 Å². The average molecular weight is 377 g/mol. The molecule has 1 N–H and O–H groups in total. The third-order valence-corrected chi connectivity index (χ3v) is 8.10. The lowest BCUT2D eigenvalue weighted by molar-refractivity contribution is -0.132. The van der Waals surface area contributed by atoms with Gasteiger partial charge in [0.15, 0.2) is 10.9 Å². The Labute approximate surface area is 162 Å². The molecule has 0 spiro atoms. The molecule has 3 nitrogen and oxygen atoms in total. The van der Waals surface area contributed by atoms with Crippen LogP contribution in [-0.4, -0.2) is 22.1 Å². The number of ketones is 1. The Morgan fingerprint density at radius 2 is 1.92 bits per heavy atom. The minimum atomic E-state index is -0.434. The van der Waals surface area contributed by atoms with Crippen molar-refractivity contribution in [2.75, 3.05) is 0 Å². The van der Waals surface area contributed by atoms with Gasteiger partial charge in [-0.25, -0.2) is 0 Å². The highest BCUT2D eigenvalue weighted by Gasteiger charge is 2.62. The van der Waals surface area contributed by atoms with Gasteiger partial charge in [-0.15, -0.1) is 12.6 Å². The van der Waals surface area contributed by atoms with E-state index in [9.17, 15) is 14.7 Å². The summed E-state index contributed by atoms with van der Waals surface area (Å²) in [6.45, 7) is 8.37. The Kier molecular flexibility index (Phi) is 5.31. The van der Waals surface area contributed by atoms with E-state index in [0.717, 1.165) is 25.7 Å². The SMILES string of the molecule is CC.CC12C=CC(=O)C=C1CCC1C2C(O)CC2(C)C(C(=O)S)CCC12. The van der Waals surface area contributed by atoms with Crippen LogP contribution in [0.25, 0.3) is 0 Å². The maximum absolute atomic E-state index is 12.0. The standard InChI is InChI=1S/C20H26O3S.C2H6/c1-19-8-7-12(21)9-11(19)3-4-13-14-5-6-15(18(23)24)20(14,2)10-16(22)17(13)19;1-2/h7-9,13-17,22H,3-6,10H2,1-2H3,(H,23,24);1-2H3. The molecule has 144 valence electrons. The molecule has 7 atom stereocenters. The summed E-state index contributed by atoms with van der Waals surface area (Å²) in [7, 11) is 0. The number of aliphatic hydroxyl groups excluding tert-OH is 1. The summed E-state index contributed by atoms with van der Waals surface area (Å²) in [5, 5.41) is 11.1. The second kappa shape index (κ2) is 6.94. The minimum absolute atomic E-state index is 0.0172. The number of hydrogen-bond acceptors (Lipinski definition) is 3. The molecular formula is C22H32O3S. The van der Waals surface area contributed by atoms with Crippen LogP contribution in [0.1, 0.15) is 59.8 Å². The zero-order valence-electron chi connectivity index (χ0n) is 16.4. The van der Waals surface area contributed by atoms with Crippen molar-refractivity contribution in [3.8, 4) is 0 Å². The molecule has 7 unspecified atom stereocenters. The molecule has 0 bridgehead atoms. The van der Waals surface area contributed by atoms with Crippen LogP contribution in [0.3, 0.4) is 0 Å². The van der Waals surface area contributed by atoms with E-state index < -0.39 is 6.10 Å². The minimum Gasteiger partial charge on any atom is -0.393 e. The smallest absolute Gasteiger partial charge is 0.189 e. The van der Waals surface area contributed by atoms with Crippen LogP contribution >= 0.6 is 12.6 Å². The monoisotopic (exact) mass is 376 g/mol. The molecule has 0 aromatic carbocycles. The molecule has 0 aliphatic heterocycles. The lowest BCUT2D eigenvalue weighted by atomic mass is 9.47. The summed E-state index contributed by atoms with van der Waals surface area (Å²) >= 11 is 4.13. The molecule has 3 fully saturated rings. The second-order valence-corrected chi connectivity index (χ2v) is 9.21. The number of carbonyl (C=O) groups excluding carboxylic acids is 2. The number of rotatable bonds is 1. The second-order valence-electron chi connectivity index (χ2n) is 8.77. The van der Waals surface area contributed by atoms with Crippen molar-refractivity contribution in [3.05, 3.63) is 23.8 Å². The van der Waals surface area contributed by atoms with Crippen LogP contribution in [0.4, 0.5) is 0 Å². The predicted octanol–water partition coefficient (Wildman–Crippen LogP) is 4.36. The van der Waals surface area contributed by atoms with E-state index in [1.165, 1.54) is 5.57 Å². The maximum atomic E-state index is 12.0. The largest absolute Gasteiger partial charge is 0.393 e. The normalized spacial score (nSPS) is 46.3. The van der Waals surface area contributed by atoms with E-state index in [2.05, 4.69) is 26.5 Å². The summed E-state index contributed by atoms with van der Waals surface area (Å²) in [6.07, 6.45) is 9.60. The Morgan fingerprint density at radius 1 is 1.23 bits per heavy atom. The molecule has 0 saturated heterocycles. The van der Waals surface area contributed by atoms with Crippen LogP contribution in [0, 0.1) is 34.5 Å². The topological polar surface area (TPSA) is 54.4 Å². The zero-order valence-corrected chi connectivity index (χ0v) is 17.3. The van der Waals surface area contributed by atoms with Crippen molar-refractivity contribution in [1.82, 2.24) is 0 Å². The van der Waals surface area contributed by atoms with Gasteiger partial charge in [0, 0.05) is 17.3 Å². The number of allylic oxidation sites excluding steroid dienone is 4. The van der Waals surface area contributed by atoms with Crippen LogP contribution in [0.5, 0.6) is 0 Å². The van der Waals surface area contributed by atoms with Crippen molar-refractivity contribution in [2.45, 2.75) is 65.9 Å². The highest BCUT2D eigenvalue weighted by molar-refractivity contribution is 7.96. The van der Waals surface area contributed by atoms with Gasteiger partial charge in [-0.2, -0.15) is 0 Å². The molecule has 0 radical (unpaired) electrons. The highest BCUT2D eigenvalue weighted by Crippen LogP contribution is 2.66. The Bertz CT molecular complexity index is 666.